The molecule has 0 amide bonds. The molecule has 1 fully saturated rings. The second-order valence-corrected chi connectivity index (χ2v) is 11.8. The Labute approximate surface area is 256 Å². The molecule has 1 aliphatic heterocycles. The van der Waals surface area contributed by atoms with Crippen molar-refractivity contribution in [1.29, 1.82) is 0 Å². The lowest BCUT2D eigenvalue weighted by molar-refractivity contribution is 0.220. The van der Waals surface area contributed by atoms with Crippen molar-refractivity contribution in [2.24, 2.45) is 0 Å². The van der Waals surface area contributed by atoms with Gasteiger partial charge in [-0.1, -0.05) is 36.7 Å². The van der Waals surface area contributed by atoms with Crippen LogP contribution in [0.4, 0.5) is 16.0 Å². The number of hydrogen-bond donors (Lipinski definition) is 1. The Morgan fingerprint density at radius 3 is 2.51 bits per heavy atom. The summed E-state index contributed by atoms with van der Waals surface area (Å²) in [4.78, 5) is 29.7. The van der Waals surface area contributed by atoms with Gasteiger partial charge in [0.2, 0.25) is 5.95 Å². The molecule has 2 aliphatic rings. The van der Waals surface area contributed by atoms with Crippen LogP contribution in [0, 0.1) is 12.7 Å². The van der Waals surface area contributed by atoms with Gasteiger partial charge in [-0.2, -0.15) is 4.98 Å². The van der Waals surface area contributed by atoms with E-state index >= 15 is 4.39 Å². The van der Waals surface area contributed by atoms with Crippen LogP contribution in [0.5, 0.6) is 0 Å². The van der Waals surface area contributed by atoms with Gasteiger partial charge in [-0.25, -0.2) is 9.37 Å². The number of anilines is 2. The summed E-state index contributed by atoms with van der Waals surface area (Å²) in [5.41, 5.74) is 5.27. The number of hydrogen-bond acceptors (Lipinski definition) is 6. The number of rotatable bonds is 7. The first kappa shape index (κ1) is 29.2. The zero-order valence-electron chi connectivity index (χ0n) is 24.8. The molecule has 1 N–H and O–H groups in total. The van der Waals surface area contributed by atoms with E-state index in [9.17, 15) is 4.79 Å². The van der Waals surface area contributed by atoms with Crippen LogP contribution in [0.1, 0.15) is 67.3 Å². The van der Waals surface area contributed by atoms with Crippen LogP contribution in [-0.2, 0) is 6.54 Å². The molecule has 0 bridgehead atoms. The number of aromatic nitrogens is 4. The lowest BCUT2D eigenvalue weighted by Crippen LogP contribution is -2.32. The summed E-state index contributed by atoms with van der Waals surface area (Å²) in [6, 6.07) is 11.1. The van der Waals surface area contributed by atoms with E-state index in [1.165, 1.54) is 6.07 Å². The van der Waals surface area contributed by atoms with Gasteiger partial charge in [0.15, 0.2) is 0 Å². The fourth-order valence-electron chi connectivity index (χ4n) is 6.19. The Hall–Kier alpha value is -3.88. The van der Waals surface area contributed by atoms with Crippen molar-refractivity contribution in [1.82, 2.24) is 24.4 Å². The molecule has 7 nitrogen and oxygen atoms in total. The number of fused-ring (bicyclic) bond motifs is 1. The average Bonchev–Trinajstić information content (AvgIpc) is 3.01. The first-order valence-electron chi connectivity index (χ1n) is 15.0. The highest BCUT2D eigenvalue weighted by Crippen LogP contribution is 2.38. The molecule has 0 radical (unpaired) electrons. The van der Waals surface area contributed by atoms with Gasteiger partial charge in [0, 0.05) is 52.2 Å². The Bertz CT molecular complexity index is 1770. The van der Waals surface area contributed by atoms with E-state index in [4.69, 9.17) is 11.6 Å². The number of pyridine rings is 2. The molecule has 1 atom stereocenters. The molecule has 43 heavy (non-hydrogen) atoms. The van der Waals surface area contributed by atoms with E-state index < -0.39 is 0 Å². The standard InChI is InChI=1S/C34H36ClFN6O/c1-4-41-14-12-22(13-15-41)27-11-9-26(18-31(27)36)39-34-38-20-25-16-29(33(43)42(5-2)32(25)40-34)28-10-8-23(17-30(28)35)24-7-6-21(3)37-19-24/h6-9,11,16-20,22,28H,4-5,10,12-15H2,1-3H3,(H,38,39,40). The van der Waals surface area contributed by atoms with Crippen LogP contribution in [-0.4, -0.2) is 44.1 Å². The third-order valence-electron chi connectivity index (χ3n) is 8.72. The number of halogens is 2. The maximum absolute atomic E-state index is 15.2. The third kappa shape index (κ3) is 5.99. The van der Waals surface area contributed by atoms with E-state index in [1.807, 2.05) is 56.5 Å². The first-order chi connectivity index (χ1) is 20.8. The van der Waals surface area contributed by atoms with Crippen molar-refractivity contribution in [3.05, 3.63) is 105 Å². The van der Waals surface area contributed by atoms with Gasteiger partial charge >= 0.3 is 0 Å². The van der Waals surface area contributed by atoms with Crippen molar-refractivity contribution in [2.45, 2.75) is 58.4 Å². The van der Waals surface area contributed by atoms with Crippen LogP contribution in [0.3, 0.4) is 0 Å². The predicted octanol–water partition coefficient (Wildman–Crippen LogP) is 7.29. The fourth-order valence-corrected chi connectivity index (χ4v) is 6.51. The fraction of sp³-hybridized carbons (Fsp3) is 0.353. The predicted molar refractivity (Wildman–Crippen MR) is 171 cm³/mol. The lowest BCUT2D eigenvalue weighted by Gasteiger charge is -2.31. The first-order valence-corrected chi connectivity index (χ1v) is 15.4. The second kappa shape index (κ2) is 12.4. The summed E-state index contributed by atoms with van der Waals surface area (Å²) in [5.74, 6) is 0.0624. The molecule has 1 aromatic carbocycles. The molecule has 4 heterocycles. The summed E-state index contributed by atoms with van der Waals surface area (Å²) in [6.45, 7) is 9.50. The minimum atomic E-state index is -0.257. The average molecular weight is 599 g/mol. The minimum absolute atomic E-state index is 0.130. The maximum atomic E-state index is 15.2. The number of nitrogens with one attached hydrogen (secondary N) is 1. The van der Waals surface area contributed by atoms with Crippen LogP contribution < -0.4 is 10.9 Å². The molecule has 1 aliphatic carbocycles. The van der Waals surface area contributed by atoms with Crippen molar-refractivity contribution in [3.8, 4) is 0 Å². The zero-order chi connectivity index (χ0) is 30.1. The largest absolute Gasteiger partial charge is 0.324 e. The second-order valence-electron chi connectivity index (χ2n) is 11.4. The molecule has 1 unspecified atom stereocenters. The van der Waals surface area contributed by atoms with Gasteiger partial charge in [0.25, 0.3) is 5.56 Å². The summed E-state index contributed by atoms with van der Waals surface area (Å²) >= 11 is 6.79. The van der Waals surface area contributed by atoms with Crippen LogP contribution in [0.2, 0.25) is 0 Å². The van der Waals surface area contributed by atoms with Crippen LogP contribution in [0.25, 0.3) is 16.6 Å². The highest BCUT2D eigenvalue weighted by Gasteiger charge is 2.25. The Morgan fingerprint density at radius 2 is 1.84 bits per heavy atom. The smallest absolute Gasteiger partial charge is 0.256 e. The van der Waals surface area contributed by atoms with Gasteiger partial charge in [-0.05, 0) is 106 Å². The van der Waals surface area contributed by atoms with Gasteiger partial charge in [0.05, 0.1) is 0 Å². The summed E-state index contributed by atoms with van der Waals surface area (Å²) in [5, 5.41) is 4.48. The quantitative estimate of drug-likeness (QED) is 0.241. The zero-order valence-corrected chi connectivity index (χ0v) is 25.5. The molecule has 4 aromatic rings. The Kier molecular flexibility index (Phi) is 8.41. The highest BCUT2D eigenvalue weighted by atomic mass is 35.5. The lowest BCUT2D eigenvalue weighted by atomic mass is 9.88. The SMILES string of the molecule is CCN1CCC(c2ccc(Nc3ncc4cc(C5CC=C(c6ccc(C)nc6)C=C5Cl)c(=O)n(CC)c4n3)cc2F)CC1. The monoisotopic (exact) mass is 598 g/mol. The van der Waals surface area contributed by atoms with E-state index in [-0.39, 0.29) is 23.2 Å². The van der Waals surface area contributed by atoms with Crippen molar-refractivity contribution in [2.75, 3.05) is 25.0 Å². The van der Waals surface area contributed by atoms with E-state index in [0.29, 0.717) is 40.8 Å². The number of benzene rings is 1. The molecule has 1 saturated heterocycles. The minimum Gasteiger partial charge on any atom is -0.324 e. The normalized spacial score (nSPS) is 18.0. The summed E-state index contributed by atoms with van der Waals surface area (Å²) in [7, 11) is 0. The molecular formula is C34H36ClFN6O. The van der Waals surface area contributed by atoms with Crippen LogP contribution >= 0.6 is 11.6 Å². The van der Waals surface area contributed by atoms with E-state index in [1.54, 1.807) is 10.8 Å². The number of nitrogens with zero attached hydrogens (tertiary/aromatic N) is 5. The third-order valence-corrected chi connectivity index (χ3v) is 9.09. The highest BCUT2D eigenvalue weighted by molar-refractivity contribution is 6.31. The molecule has 0 saturated carbocycles. The number of piperidine rings is 1. The van der Waals surface area contributed by atoms with Gasteiger partial charge in [0.1, 0.15) is 11.5 Å². The van der Waals surface area contributed by atoms with Gasteiger partial charge < -0.3 is 10.2 Å². The van der Waals surface area contributed by atoms with Crippen molar-refractivity contribution < 1.29 is 4.39 Å². The number of allylic oxidation sites excluding steroid dienone is 4. The van der Waals surface area contributed by atoms with Gasteiger partial charge in [-0.15, -0.1) is 0 Å². The Morgan fingerprint density at radius 1 is 1.02 bits per heavy atom. The Balaban J connectivity index is 1.24. The molecule has 3 aromatic heterocycles. The van der Waals surface area contributed by atoms with E-state index in [2.05, 4.69) is 38.2 Å². The number of likely N-dealkylation sites (tertiary alicyclic amines) is 1. The molecular weight excluding hydrogens is 563 g/mol. The van der Waals surface area contributed by atoms with Crippen molar-refractivity contribution >= 4 is 39.8 Å². The molecule has 9 heteroatoms. The summed E-state index contributed by atoms with van der Waals surface area (Å²) < 4.78 is 16.8. The maximum Gasteiger partial charge on any atom is 0.256 e. The summed E-state index contributed by atoms with van der Waals surface area (Å²) in [6.07, 6.45) is 10.1. The molecule has 222 valence electrons. The molecule has 6 rings (SSSR count). The van der Waals surface area contributed by atoms with E-state index in [0.717, 1.165) is 60.3 Å². The van der Waals surface area contributed by atoms with Crippen molar-refractivity contribution in [3.63, 3.8) is 0 Å². The molecule has 0 spiro atoms. The number of aryl methyl sites for hydroxylation is 2. The topological polar surface area (TPSA) is 75.9 Å². The van der Waals surface area contributed by atoms with Crippen LogP contribution in [0.15, 0.2) is 70.8 Å². The van der Waals surface area contributed by atoms with Gasteiger partial charge in [-0.3, -0.25) is 14.3 Å².